The van der Waals surface area contributed by atoms with Crippen LogP contribution in [-0.2, 0) is 5.41 Å². The first-order chi connectivity index (χ1) is 25.5. The van der Waals surface area contributed by atoms with Gasteiger partial charge in [0.2, 0.25) is 0 Å². The molecule has 10 aromatic rings. The molecule has 0 aliphatic heterocycles. The Balaban J connectivity index is 1.15. The molecule has 0 saturated heterocycles. The van der Waals surface area contributed by atoms with E-state index < -0.39 is 0 Å². The summed E-state index contributed by atoms with van der Waals surface area (Å²) in [5.41, 5.74) is 12.7. The van der Waals surface area contributed by atoms with Gasteiger partial charge in [-0.1, -0.05) is 129 Å². The number of aromatic nitrogens is 3. The van der Waals surface area contributed by atoms with E-state index in [4.69, 9.17) is 9.97 Å². The summed E-state index contributed by atoms with van der Waals surface area (Å²) in [6.45, 7) is 4.74. The average Bonchev–Trinajstić information content (AvgIpc) is 3.63. The van der Waals surface area contributed by atoms with E-state index in [0.717, 1.165) is 44.6 Å². The second-order valence-corrected chi connectivity index (χ2v) is 14.6. The van der Waals surface area contributed by atoms with Crippen LogP contribution in [0.3, 0.4) is 0 Å². The summed E-state index contributed by atoms with van der Waals surface area (Å²) < 4.78 is 2.43. The molecule has 0 atom stereocenters. The van der Waals surface area contributed by atoms with Gasteiger partial charge in [0.25, 0.3) is 0 Å². The lowest BCUT2D eigenvalue weighted by Gasteiger charge is -2.22. The van der Waals surface area contributed by atoms with Crippen LogP contribution in [0.2, 0.25) is 0 Å². The smallest absolute Gasteiger partial charge is 0.160 e. The van der Waals surface area contributed by atoms with Gasteiger partial charge in [-0.25, -0.2) is 9.97 Å². The fraction of sp³-hybridized carbons (Fsp3) is 0.0612. The average molecular weight is 664 g/mol. The topological polar surface area (TPSA) is 30.7 Å². The predicted octanol–water partition coefficient (Wildman–Crippen LogP) is 12.7. The lowest BCUT2D eigenvalue weighted by molar-refractivity contribution is 0.662. The first-order valence-corrected chi connectivity index (χ1v) is 18.0. The molecule has 2 aromatic heterocycles. The Kier molecular flexibility index (Phi) is 6.01. The van der Waals surface area contributed by atoms with Gasteiger partial charge in [0.15, 0.2) is 5.82 Å². The molecule has 3 heteroatoms. The summed E-state index contributed by atoms with van der Waals surface area (Å²) >= 11 is 0. The summed E-state index contributed by atoms with van der Waals surface area (Å²) in [6.07, 6.45) is 0. The van der Waals surface area contributed by atoms with Gasteiger partial charge in [-0.15, -0.1) is 0 Å². The Labute approximate surface area is 301 Å². The third kappa shape index (κ3) is 4.14. The molecule has 3 nitrogen and oxygen atoms in total. The van der Waals surface area contributed by atoms with Gasteiger partial charge < -0.3 is 4.57 Å². The van der Waals surface area contributed by atoms with Crippen molar-refractivity contribution in [3.8, 4) is 39.5 Å². The first-order valence-electron chi connectivity index (χ1n) is 18.0. The van der Waals surface area contributed by atoms with Crippen molar-refractivity contribution in [2.45, 2.75) is 19.3 Å². The molecule has 52 heavy (non-hydrogen) atoms. The molecule has 0 radical (unpaired) electrons. The van der Waals surface area contributed by atoms with Crippen LogP contribution in [-0.4, -0.2) is 14.5 Å². The maximum atomic E-state index is 5.30. The van der Waals surface area contributed by atoms with Crippen molar-refractivity contribution in [1.82, 2.24) is 14.5 Å². The maximum Gasteiger partial charge on any atom is 0.160 e. The highest BCUT2D eigenvalue weighted by Gasteiger charge is 2.36. The molecule has 0 saturated carbocycles. The molecular formula is C49H33N3. The Bertz CT molecular complexity index is 3100. The number of nitrogens with zero attached hydrogens (tertiary/aromatic N) is 3. The fourth-order valence-electron chi connectivity index (χ4n) is 8.75. The van der Waals surface area contributed by atoms with E-state index in [0.29, 0.717) is 0 Å². The molecular weight excluding hydrogens is 631 g/mol. The highest BCUT2D eigenvalue weighted by molar-refractivity contribution is 6.12. The number of benzene rings is 8. The Hall–Kier alpha value is -6.58. The summed E-state index contributed by atoms with van der Waals surface area (Å²) in [7, 11) is 0. The molecule has 0 unspecified atom stereocenters. The number of para-hydroxylation sites is 1. The van der Waals surface area contributed by atoms with Gasteiger partial charge in [-0.2, -0.15) is 0 Å². The lowest BCUT2D eigenvalue weighted by Crippen LogP contribution is -2.15. The van der Waals surface area contributed by atoms with Gasteiger partial charge in [0, 0.05) is 43.8 Å². The van der Waals surface area contributed by atoms with E-state index in [1.807, 2.05) is 0 Å². The van der Waals surface area contributed by atoms with Crippen LogP contribution in [0.25, 0.3) is 93.7 Å². The Morgan fingerprint density at radius 2 is 1.12 bits per heavy atom. The van der Waals surface area contributed by atoms with E-state index in [1.165, 1.54) is 60.2 Å². The summed E-state index contributed by atoms with van der Waals surface area (Å²) in [4.78, 5) is 10.6. The highest BCUT2D eigenvalue weighted by atomic mass is 15.0. The third-order valence-corrected chi connectivity index (χ3v) is 11.3. The van der Waals surface area contributed by atoms with Crippen LogP contribution in [0.15, 0.2) is 164 Å². The second kappa shape index (κ2) is 10.7. The number of fused-ring (bicyclic) bond motifs is 10. The zero-order chi connectivity index (χ0) is 34.6. The first kappa shape index (κ1) is 29.2. The molecule has 0 N–H and O–H groups in total. The number of rotatable bonds is 3. The summed E-state index contributed by atoms with van der Waals surface area (Å²) in [6, 6.07) is 59.3. The monoisotopic (exact) mass is 663 g/mol. The van der Waals surface area contributed by atoms with E-state index in [-0.39, 0.29) is 5.41 Å². The van der Waals surface area contributed by atoms with Crippen molar-refractivity contribution in [3.05, 3.63) is 175 Å². The van der Waals surface area contributed by atoms with Crippen LogP contribution >= 0.6 is 0 Å². The minimum Gasteiger partial charge on any atom is -0.309 e. The minimum absolute atomic E-state index is 0.137. The van der Waals surface area contributed by atoms with Gasteiger partial charge in [0.1, 0.15) is 0 Å². The number of hydrogen-bond donors (Lipinski definition) is 0. The molecule has 0 spiro atoms. The highest BCUT2D eigenvalue weighted by Crippen LogP contribution is 2.52. The Morgan fingerprint density at radius 3 is 1.96 bits per heavy atom. The zero-order valence-corrected chi connectivity index (χ0v) is 28.9. The van der Waals surface area contributed by atoms with Gasteiger partial charge in [-0.05, 0) is 86.9 Å². The quantitative estimate of drug-likeness (QED) is 0.176. The molecule has 1 aliphatic rings. The van der Waals surface area contributed by atoms with Crippen molar-refractivity contribution in [1.29, 1.82) is 0 Å². The van der Waals surface area contributed by atoms with Gasteiger partial charge in [-0.3, -0.25) is 0 Å². The lowest BCUT2D eigenvalue weighted by atomic mass is 9.81. The van der Waals surface area contributed by atoms with E-state index in [2.05, 4.69) is 182 Å². The van der Waals surface area contributed by atoms with Crippen LogP contribution < -0.4 is 0 Å². The summed E-state index contributed by atoms with van der Waals surface area (Å²) in [5, 5.41) is 8.43. The Morgan fingerprint density at radius 1 is 0.442 bits per heavy atom. The van der Waals surface area contributed by atoms with Crippen molar-refractivity contribution < 1.29 is 0 Å². The molecule has 11 rings (SSSR count). The molecule has 0 amide bonds. The standard InChI is InChI=1S/C49H33N3/c1-49(2)42-27-33-17-7-6-16-32(33)26-39(42)40-28-41-37-21-10-11-22-44(37)52(45(41)29-43(40)49)35-19-12-18-34(25-35)48-50-46(31-14-4-3-5-15-31)38-24-23-30-13-8-9-20-36(30)47(38)51-48/h3-29H,1-2H3. The van der Waals surface area contributed by atoms with Gasteiger partial charge in [0.05, 0.1) is 22.2 Å². The van der Waals surface area contributed by atoms with Gasteiger partial charge >= 0.3 is 0 Å². The third-order valence-electron chi connectivity index (χ3n) is 11.3. The van der Waals surface area contributed by atoms with Crippen molar-refractivity contribution >= 4 is 54.3 Å². The minimum atomic E-state index is -0.137. The molecule has 244 valence electrons. The normalized spacial score (nSPS) is 13.3. The van der Waals surface area contributed by atoms with E-state index >= 15 is 0 Å². The molecule has 0 fully saturated rings. The largest absolute Gasteiger partial charge is 0.309 e. The molecule has 0 bridgehead atoms. The van der Waals surface area contributed by atoms with E-state index in [9.17, 15) is 0 Å². The van der Waals surface area contributed by atoms with E-state index in [1.54, 1.807) is 0 Å². The van der Waals surface area contributed by atoms with Crippen LogP contribution in [0.5, 0.6) is 0 Å². The number of hydrogen-bond acceptors (Lipinski definition) is 2. The maximum absolute atomic E-state index is 5.30. The molecule has 2 heterocycles. The van der Waals surface area contributed by atoms with Crippen molar-refractivity contribution in [2.75, 3.05) is 0 Å². The zero-order valence-electron chi connectivity index (χ0n) is 28.9. The fourth-order valence-corrected chi connectivity index (χ4v) is 8.75. The van der Waals surface area contributed by atoms with Crippen molar-refractivity contribution in [3.63, 3.8) is 0 Å². The van der Waals surface area contributed by atoms with Crippen LogP contribution in [0.4, 0.5) is 0 Å². The summed E-state index contributed by atoms with van der Waals surface area (Å²) in [5.74, 6) is 0.717. The van der Waals surface area contributed by atoms with Crippen LogP contribution in [0.1, 0.15) is 25.0 Å². The van der Waals surface area contributed by atoms with Crippen molar-refractivity contribution in [2.24, 2.45) is 0 Å². The molecule has 8 aromatic carbocycles. The second-order valence-electron chi connectivity index (χ2n) is 14.6. The SMILES string of the molecule is CC1(C)c2cc3ccccc3cc2-c2cc3c4ccccc4n(-c4cccc(-c5nc(-c6ccccc6)c6ccc7ccccc7c6n5)c4)c3cc21. The molecule has 1 aliphatic carbocycles. The predicted molar refractivity (Wildman–Crippen MR) is 217 cm³/mol. The van der Waals surface area contributed by atoms with Crippen LogP contribution in [0, 0.1) is 0 Å².